The number of benzene rings is 1. The van der Waals surface area contributed by atoms with E-state index in [0.29, 0.717) is 16.4 Å². The van der Waals surface area contributed by atoms with Crippen molar-refractivity contribution in [3.63, 3.8) is 0 Å². The van der Waals surface area contributed by atoms with Gasteiger partial charge in [0, 0.05) is 16.9 Å². The molecule has 0 aliphatic carbocycles. The molecule has 0 atom stereocenters. The van der Waals surface area contributed by atoms with Crippen LogP contribution in [0.3, 0.4) is 0 Å². The third-order valence-corrected chi connectivity index (χ3v) is 5.21. The topological polar surface area (TPSA) is 65.2 Å². The fraction of sp³-hybridized carbons (Fsp3) is 0.286. The Morgan fingerprint density at radius 2 is 2.25 bits per heavy atom. The molecule has 0 saturated carbocycles. The smallest absolute Gasteiger partial charge is 0.181 e. The van der Waals surface area contributed by atoms with Crippen molar-refractivity contribution in [3.8, 4) is 5.75 Å². The maximum Gasteiger partial charge on any atom is 0.181 e. The summed E-state index contributed by atoms with van der Waals surface area (Å²) in [4.78, 5) is 15.7. The molecule has 1 heterocycles. The van der Waals surface area contributed by atoms with E-state index in [1.807, 2.05) is 19.1 Å². The van der Waals surface area contributed by atoms with Crippen LogP contribution >= 0.6 is 23.1 Å². The Hall–Kier alpha value is -1.53. The van der Waals surface area contributed by atoms with Crippen LogP contribution in [0.15, 0.2) is 22.4 Å². The lowest BCUT2D eigenvalue weighted by Gasteiger charge is -2.09. The third kappa shape index (κ3) is 3.32. The number of nitrogens with zero attached hydrogens (tertiary/aromatic N) is 1. The molecule has 0 radical (unpaired) electrons. The first-order valence-corrected chi connectivity index (χ1v) is 7.85. The molecule has 0 saturated heterocycles. The van der Waals surface area contributed by atoms with E-state index in [-0.39, 0.29) is 5.78 Å². The molecule has 2 aromatic rings. The monoisotopic (exact) mass is 308 g/mol. The fourth-order valence-corrected chi connectivity index (χ4v) is 3.79. The highest BCUT2D eigenvalue weighted by Gasteiger charge is 2.11. The van der Waals surface area contributed by atoms with Gasteiger partial charge < -0.3 is 10.5 Å². The SMILES string of the molecule is COc1ccc(C(C)=O)cc1CSc1sc(N)nc1C. The van der Waals surface area contributed by atoms with Gasteiger partial charge in [0.1, 0.15) is 5.75 Å². The summed E-state index contributed by atoms with van der Waals surface area (Å²) >= 11 is 3.14. The van der Waals surface area contributed by atoms with Gasteiger partial charge in [0.2, 0.25) is 0 Å². The third-order valence-electron chi connectivity index (χ3n) is 2.82. The van der Waals surface area contributed by atoms with E-state index < -0.39 is 0 Å². The number of thioether (sulfide) groups is 1. The fourth-order valence-electron chi connectivity index (χ4n) is 1.79. The highest BCUT2D eigenvalue weighted by atomic mass is 32.2. The van der Waals surface area contributed by atoms with Crippen LogP contribution in [0.5, 0.6) is 5.75 Å². The summed E-state index contributed by atoms with van der Waals surface area (Å²) < 4.78 is 6.44. The molecule has 2 rings (SSSR count). The Labute approximate surface area is 126 Å². The van der Waals surface area contributed by atoms with Gasteiger partial charge in [-0.25, -0.2) is 4.98 Å². The number of methoxy groups -OCH3 is 1. The van der Waals surface area contributed by atoms with E-state index in [9.17, 15) is 4.79 Å². The van der Waals surface area contributed by atoms with Crippen LogP contribution in [-0.2, 0) is 5.75 Å². The van der Waals surface area contributed by atoms with Crippen LogP contribution in [0.25, 0.3) is 0 Å². The van der Waals surface area contributed by atoms with E-state index in [1.54, 1.807) is 31.9 Å². The molecule has 106 valence electrons. The largest absolute Gasteiger partial charge is 0.496 e. The molecule has 4 nitrogen and oxygen atoms in total. The highest BCUT2D eigenvalue weighted by molar-refractivity contribution is 8.00. The lowest BCUT2D eigenvalue weighted by Crippen LogP contribution is -1.96. The number of carbonyl (C=O) groups is 1. The molecule has 2 N–H and O–H groups in total. The van der Waals surface area contributed by atoms with Crippen molar-refractivity contribution in [2.24, 2.45) is 0 Å². The van der Waals surface area contributed by atoms with Crippen LogP contribution in [0, 0.1) is 6.92 Å². The summed E-state index contributed by atoms with van der Waals surface area (Å²) in [6.45, 7) is 3.51. The number of Topliss-reactive ketones (excluding diaryl/α,β-unsaturated/α-hetero) is 1. The molecular weight excluding hydrogens is 292 g/mol. The van der Waals surface area contributed by atoms with Crippen molar-refractivity contribution >= 4 is 34.0 Å². The summed E-state index contributed by atoms with van der Waals surface area (Å²) in [5, 5.41) is 0.578. The predicted molar refractivity (Wildman–Crippen MR) is 83.8 cm³/mol. The number of aromatic nitrogens is 1. The zero-order valence-corrected chi connectivity index (χ0v) is 13.2. The minimum absolute atomic E-state index is 0.0529. The van der Waals surface area contributed by atoms with Crippen LogP contribution < -0.4 is 10.5 Å². The minimum atomic E-state index is 0.0529. The molecule has 0 amide bonds. The van der Waals surface area contributed by atoms with Gasteiger partial charge in [-0.15, -0.1) is 11.8 Å². The molecule has 0 spiro atoms. The second-order valence-corrected chi connectivity index (χ2v) is 6.57. The predicted octanol–water partition coefficient (Wildman–Crippen LogP) is 3.54. The number of thiazole rings is 1. The van der Waals surface area contributed by atoms with Crippen molar-refractivity contribution in [1.82, 2.24) is 4.98 Å². The molecule has 0 aliphatic rings. The van der Waals surface area contributed by atoms with Crippen LogP contribution in [0.4, 0.5) is 5.13 Å². The van der Waals surface area contributed by atoms with E-state index in [0.717, 1.165) is 21.2 Å². The minimum Gasteiger partial charge on any atom is -0.496 e. The van der Waals surface area contributed by atoms with Crippen LogP contribution in [0.2, 0.25) is 0 Å². The van der Waals surface area contributed by atoms with Crippen molar-refractivity contribution in [1.29, 1.82) is 0 Å². The van der Waals surface area contributed by atoms with Gasteiger partial charge in [0.15, 0.2) is 10.9 Å². The Morgan fingerprint density at radius 3 is 2.80 bits per heavy atom. The van der Waals surface area contributed by atoms with Gasteiger partial charge in [0.05, 0.1) is 17.0 Å². The van der Waals surface area contributed by atoms with Gasteiger partial charge in [0.25, 0.3) is 0 Å². The van der Waals surface area contributed by atoms with E-state index in [2.05, 4.69) is 4.98 Å². The molecule has 20 heavy (non-hydrogen) atoms. The molecular formula is C14H16N2O2S2. The number of nitrogens with two attached hydrogens (primary N) is 1. The first-order valence-electron chi connectivity index (χ1n) is 6.05. The molecule has 1 aromatic carbocycles. The maximum atomic E-state index is 11.5. The van der Waals surface area contributed by atoms with E-state index >= 15 is 0 Å². The highest BCUT2D eigenvalue weighted by Crippen LogP contribution is 2.35. The number of hydrogen-bond donors (Lipinski definition) is 1. The number of rotatable bonds is 5. The van der Waals surface area contributed by atoms with E-state index in [1.165, 1.54) is 11.3 Å². The number of ketones is 1. The first kappa shape index (κ1) is 14.9. The van der Waals surface area contributed by atoms with Gasteiger partial charge in [-0.05, 0) is 32.0 Å². The Morgan fingerprint density at radius 1 is 1.50 bits per heavy atom. The number of carbonyl (C=O) groups excluding carboxylic acids is 1. The lowest BCUT2D eigenvalue weighted by atomic mass is 10.1. The summed E-state index contributed by atoms with van der Waals surface area (Å²) in [5.74, 6) is 1.56. The molecule has 0 bridgehead atoms. The molecule has 0 aliphatic heterocycles. The second-order valence-electron chi connectivity index (χ2n) is 4.30. The number of aryl methyl sites for hydroxylation is 1. The number of hydrogen-bond acceptors (Lipinski definition) is 6. The summed E-state index contributed by atoms with van der Waals surface area (Å²) in [6.07, 6.45) is 0. The van der Waals surface area contributed by atoms with Gasteiger partial charge in [-0.1, -0.05) is 11.3 Å². The standard InChI is InChI=1S/C14H16N2O2S2/c1-8-13(20-14(15)16-8)19-7-11-6-10(9(2)17)4-5-12(11)18-3/h4-6H,7H2,1-3H3,(H2,15,16). The van der Waals surface area contributed by atoms with Gasteiger partial charge in [-0.3, -0.25) is 4.79 Å². The van der Waals surface area contributed by atoms with Gasteiger partial charge >= 0.3 is 0 Å². The quantitative estimate of drug-likeness (QED) is 0.676. The average molecular weight is 308 g/mol. The lowest BCUT2D eigenvalue weighted by molar-refractivity contribution is 0.101. The van der Waals surface area contributed by atoms with Crippen molar-refractivity contribution in [3.05, 3.63) is 35.0 Å². The van der Waals surface area contributed by atoms with Crippen molar-refractivity contribution in [2.75, 3.05) is 12.8 Å². The number of ether oxygens (including phenoxy) is 1. The normalized spacial score (nSPS) is 10.6. The summed E-state index contributed by atoms with van der Waals surface area (Å²) in [5.41, 5.74) is 8.33. The zero-order chi connectivity index (χ0) is 14.7. The van der Waals surface area contributed by atoms with Crippen LogP contribution in [0.1, 0.15) is 28.5 Å². The zero-order valence-electron chi connectivity index (χ0n) is 11.6. The number of nitrogen functional groups attached to an aromatic ring is 1. The molecule has 1 aromatic heterocycles. The summed E-state index contributed by atoms with van der Waals surface area (Å²) in [6, 6.07) is 5.50. The Balaban J connectivity index is 2.21. The van der Waals surface area contributed by atoms with Gasteiger partial charge in [-0.2, -0.15) is 0 Å². The summed E-state index contributed by atoms with van der Waals surface area (Å²) in [7, 11) is 1.63. The van der Waals surface area contributed by atoms with E-state index in [4.69, 9.17) is 10.5 Å². The van der Waals surface area contributed by atoms with Crippen molar-refractivity contribution in [2.45, 2.75) is 23.8 Å². The Kier molecular flexibility index (Phi) is 4.67. The molecule has 0 fully saturated rings. The van der Waals surface area contributed by atoms with Crippen LogP contribution in [-0.4, -0.2) is 17.9 Å². The molecule has 0 unspecified atom stereocenters. The average Bonchev–Trinajstić information content (AvgIpc) is 2.74. The number of anilines is 1. The maximum absolute atomic E-state index is 11.5. The molecule has 6 heteroatoms. The second kappa shape index (κ2) is 6.28. The Bertz CT molecular complexity index is 638. The first-order chi connectivity index (χ1) is 9.51. The van der Waals surface area contributed by atoms with Crippen molar-refractivity contribution < 1.29 is 9.53 Å².